The number of halogens is 1. The molecule has 0 unspecified atom stereocenters. The van der Waals surface area contributed by atoms with Crippen LogP contribution in [0.15, 0.2) is 30.6 Å². The van der Waals surface area contributed by atoms with E-state index in [0.29, 0.717) is 22.6 Å². The molecule has 2 heterocycles. The Bertz CT molecular complexity index is 682. The highest BCUT2D eigenvalue weighted by Gasteiger charge is 2.23. The van der Waals surface area contributed by atoms with Gasteiger partial charge in [0.2, 0.25) is 0 Å². The molecule has 6 nitrogen and oxygen atoms in total. The molecule has 1 saturated heterocycles. The summed E-state index contributed by atoms with van der Waals surface area (Å²) in [5.74, 6) is 1.39. The van der Waals surface area contributed by atoms with E-state index in [-0.39, 0.29) is 0 Å². The summed E-state index contributed by atoms with van der Waals surface area (Å²) in [6, 6.07) is 7.88. The molecule has 1 fully saturated rings. The molecule has 0 aliphatic carbocycles. The van der Waals surface area contributed by atoms with Crippen molar-refractivity contribution in [1.82, 2.24) is 14.9 Å². The number of rotatable bonds is 4. The molecule has 1 aromatic heterocycles. The summed E-state index contributed by atoms with van der Waals surface area (Å²) < 4.78 is 0. The lowest BCUT2D eigenvalue weighted by molar-refractivity contribution is 0.252. The number of hydrogen-bond donors (Lipinski definition) is 2. The molecule has 0 saturated carbocycles. The van der Waals surface area contributed by atoms with Crippen molar-refractivity contribution in [1.29, 1.82) is 0 Å². The number of likely N-dealkylation sites (tertiary alicyclic amines) is 1. The summed E-state index contributed by atoms with van der Waals surface area (Å²) in [5, 5.41) is 3.93. The largest absolute Gasteiger partial charge is 0.393 e. The summed E-state index contributed by atoms with van der Waals surface area (Å²) in [4.78, 5) is 13.2. The van der Waals surface area contributed by atoms with E-state index in [1.807, 2.05) is 24.3 Å². The highest BCUT2D eigenvalue weighted by molar-refractivity contribution is 6.30. The Balaban J connectivity index is 1.78. The van der Waals surface area contributed by atoms with Gasteiger partial charge in [0.25, 0.3) is 0 Å². The van der Waals surface area contributed by atoms with Crippen molar-refractivity contribution in [2.75, 3.05) is 43.1 Å². The molecule has 24 heavy (non-hydrogen) atoms. The molecule has 0 amide bonds. The van der Waals surface area contributed by atoms with Crippen LogP contribution < -0.4 is 16.0 Å². The van der Waals surface area contributed by atoms with Gasteiger partial charge in [0, 0.05) is 23.8 Å². The molecule has 0 atom stereocenters. The maximum atomic E-state index is 6.33. The van der Waals surface area contributed by atoms with Crippen LogP contribution in [0.2, 0.25) is 5.02 Å². The molecule has 2 aromatic rings. The van der Waals surface area contributed by atoms with Crippen molar-refractivity contribution >= 4 is 34.6 Å². The SMILES string of the molecule is CN1CCC(N(C)c2ncnc(Nc3ccc(Cl)cc3)c2N)CC1. The van der Waals surface area contributed by atoms with Crippen molar-refractivity contribution in [3.8, 4) is 0 Å². The molecule has 1 aromatic carbocycles. The Morgan fingerprint density at radius 1 is 1.21 bits per heavy atom. The van der Waals surface area contributed by atoms with Crippen LogP contribution in [0.4, 0.5) is 23.0 Å². The Hall–Kier alpha value is -2.05. The molecule has 3 rings (SSSR count). The van der Waals surface area contributed by atoms with E-state index in [1.165, 1.54) is 0 Å². The molecule has 7 heteroatoms. The van der Waals surface area contributed by atoms with Crippen molar-refractivity contribution in [2.45, 2.75) is 18.9 Å². The fourth-order valence-corrected chi connectivity index (χ4v) is 3.12. The lowest BCUT2D eigenvalue weighted by atomic mass is 10.0. The quantitative estimate of drug-likeness (QED) is 0.886. The predicted molar refractivity (Wildman–Crippen MR) is 100 cm³/mol. The maximum absolute atomic E-state index is 6.33. The van der Waals surface area contributed by atoms with E-state index in [2.05, 4.69) is 39.2 Å². The van der Waals surface area contributed by atoms with Crippen LogP contribution in [-0.4, -0.2) is 48.1 Å². The van der Waals surface area contributed by atoms with Gasteiger partial charge in [0.1, 0.15) is 12.0 Å². The minimum atomic E-state index is 0.446. The Kier molecular flexibility index (Phi) is 5.06. The van der Waals surface area contributed by atoms with Crippen LogP contribution in [0.1, 0.15) is 12.8 Å². The molecule has 0 bridgehead atoms. The lowest BCUT2D eigenvalue weighted by Gasteiger charge is -2.36. The van der Waals surface area contributed by atoms with Crippen molar-refractivity contribution < 1.29 is 0 Å². The zero-order valence-electron chi connectivity index (χ0n) is 14.0. The summed E-state index contributed by atoms with van der Waals surface area (Å²) in [6.45, 7) is 2.19. The van der Waals surface area contributed by atoms with Gasteiger partial charge in [-0.3, -0.25) is 0 Å². The normalized spacial score (nSPS) is 16.1. The average Bonchev–Trinajstić information content (AvgIpc) is 2.59. The van der Waals surface area contributed by atoms with Crippen LogP contribution in [-0.2, 0) is 0 Å². The van der Waals surface area contributed by atoms with Crippen LogP contribution in [0, 0.1) is 0 Å². The van der Waals surface area contributed by atoms with Gasteiger partial charge in [0.05, 0.1) is 0 Å². The van der Waals surface area contributed by atoms with E-state index in [9.17, 15) is 0 Å². The number of aromatic nitrogens is 2. The van der Waals surface area contributed by atoms with Crippen LogP contribution in [0.25, 0.3) is 0 Å². The topological polar surface area (TPSA) is 70.3 Å². The first-order valence-electron chi connectivity index (χ1n) is 8.09. The molecule has 0 spiro atoms. The van der Waals surface area contributed by atoms with Crippen molar-refractivity contribution in [3.63, 3.8) is 0 Å². The maximum Gasteiger partial charge on any atom is 0.159 e. The van der Waals surface area contributed by atoms with Crippen LogP contribution in [0.3, 0.4) is 0 Å². The van der Waals surface area contributed by atoms with E-state index in [0.717, 1.165) is 37.4 Å². The first-order chi connectivity index (χ1) is 11.5. The number of nitrogens with zero attached hydrogens (tertiary/aromatic N) is 4. The predicted octanol–water partition coefficient (Wildman–Crippen LogP) is 2.99. The highest BCUT2D eigenvalue weighted by Crippen LogP contribution is 2.30. The first-order valence-corrected chi connectivity index (χ1v) is 8.47. The summed E-state index contributed by atoms with van der Waals surface area (Å²) >= 11 is 5.92. The summed E-state index contributed by atoms with van der Waals surface area (Å²) in [7, 11) is 4.21. The third-order valence-electron chi connectivity index (χ3n) is 4.54. The third-order valence-corrected chi connectivity index (χ3v) is 4.79. The Morgan fingerprint density at radius 3 is 2.54 bits per heavy atom. The standard InChI is InChI=1S/C17H23ClN6/c1-23-9-7-14(8-10-23)24(2)17-15(19)16(20-11-21-17)22-13-5-3-12(18)4-6-13/h3-6,11,14H,7-10,19H2,1-2H3,(H,20,21,22). The second kappa shape index (κ2) is 7.23. The molecule has 128 valence electrons. The Labute approximate surface area is 147 Å². The zero-order valence-corrected chi connectivity index (χ0v) is 14.8. The second-order valence-electron chi connectivity index (χ2n) is 6.24. The monoisotopic (exact) mass is 346 g/mol. The third kappa shape index (κ3) is 3.71. The fourth-order valence-electron chi connectivity index (χ4n) is 2.99. The zero-order chi connectivity index (χ0) is 17.1. The van der Waals surface area contributed by atoms with Crippen molar-refractivity contribution in [3.05, 3.63) is 35.6 Å². The van der Waals surface area contributed by atoms with Crippen LogP contribution in [0.5, 0.6) is 0 Å². The smallest absolute Gasteiger partial charge is 0.159 e. The lowest BCUT2D eigenvalue weighted by Crippen LogP contribution is -2.42. The fraction of sp³-hybridized carbons (Fsp3) is 0.412. The number of anilines is 4. The summed E-state index contributed by atoms with van der Waals surface area (Å²) in [6.07, 6.45) is 3.77. The van der Waals surface area contributed by atoms with E-state index in [1.54, 1.807) is 6.33 Å². The van der Waals surface area contributed by atoms with E-state index < -0.39 is 0 Å². The molecule has 1 aliphatic heterocycles. The van der Waals surface area contributed by atoms with Gasteiger partial charge in [-0.2, -0.15) is 0 Å². The second-order valence-corrected chi connectivity index (χ2v) is 6.67. The number of hydrogen-bond acceptors (Lipinski definition) is 6. The Morgan fingerprint density at radius 2 is 1.88 bits per heavy atom. The molecule has 1 aliphatic rings. The van der Waals surface area contributed by atoms with Gasteiger partial charge in [-0.05, 0) is 57.2 Å². The average molecular weight is 347 g/mol. The number of piperidine rings is 1. The molecular formula is C17H23ClN6. The minimum absolute atomic E-state index is 0.446. The number of nitrogens with one attached hydrogen (secondary N) is 1. The first kappa shape index (κ1) is 16.8. The van der Waals surface area contributed by atoms with Crippen molar-refractivity contribution in [2.24, 2.45) is 0 Å². The van der Waals surface area contributed by atoms with Gasteiger partial charge in [0.15, 0.2) is 11.6 Å². The van der Waals surface area contributed by atoms with Gasteiger partial charge in [-0.15, -0.1) is 0 Å². The molecule has 3 N–H and O–H groups in total. The number of nitrogen functional groups attached to an aromatic ring is 1. The van der Waals surface area contributed by atoms with Gasteiger partial charge < -0.3 is 20.9 Å². The van der Waals surface area contributed by atoms with Gasteiger partial charge in [-0.25, -0.2) is 9.97 Å². The van der Waals surface area contributed by atoms with Gasteiger partial charge >= 0.3 is 0 Å². The van der Waals surface area contributed by atoms with Gasteiger partial charge in [-0.1, -0.05) is 11.6 Å². The van der Waals surface area contributed by atoms with E-state index >= 15 is 0 Å². The number of benzene rings is 1. The highest BCUT2D eigenvalue weighted by atomic mass is 35.5. The molecule has 0 radical (unpaired) electrons. The number of nitrogens with two attached hydrogens (primary N) is 1. The summed E-state index contributed by atoms with van der Waals surface area (Å²) in [5.41, 5.74) is 7.78. The van der Waals surface area contributed by atoms with Crippen LogP contribution >= 0.6 is 11.6 Å². The molecular weight excluding hydrogens is 324 g/mol. The minimum Gasteiger partial charge on any atom is -0.393 e. The van der Waals surface area contributed by atoms with E-state index in [4.69, 9.17) is 17.3 Å².